The lowest BCUT2D eigenvalue weighted by atomic mass is 9.90. The van der Waals surface area contributed by atoms with E-state index in [-0.39, 0.29) is 23.5 Å². The van der Waals surface area contributed by atoms with Crippen LogP contribution in [0, 0.1) is 5.41 Å². The molecule has 2 amide bonds. The average molecular weight is 346 g/mol. The lowest BCUT2D eigenvalue weighted by Gasteiger charge is -2.35. The number of carbonyl (C=O) groups is 2. The van der Waals surface area contributed by atoms with Gasteiger partial charge < -0.3 is 9.64 Å². The number of likely N-dealkylation sites (tertiary alicyclic amines) is 1. The van der Waals surface area contributed by atoms with Crippen LogP contribution >= 0.6 is 0 Å². The summed E-state index contributed by atoms with van der Waals surface area (Å²) in [5.74, 6) is 1.03. The number of nitrogens with zero attached hydrogens (tertiary/aromatic N) is 4. The van der Waals surface area contributed by atoms with Gasteiger partial charge in [-0.3, -0.25) is 14.7 Å². The first-order valence-corrected chi connectivity index (χ1v) is 8.84. The second-order valence-corrected chi connectivity index (χ2v) is 7.91. The Morgan fingerprint density at radius 1 is 1.20 bits per heavy atom. The minimum atomic E-state index is -0.372. The first-order valence-electron chi connectivity index (χ1n) is 8.84. The Kier molecular flexibility index (Phi) is 4.67. The lowest BCUT2D eigenvalue weighted by molar-refractivity contribution is -0.140. The molecule has 2 aliphatic heterocycles. The summed E-state index contributed by atoms with van der Waals surface area (Å²) in [7, 11) is 0. The fraction of sp³-hybridized carbons (Fsp3) is 0.667. The van der Waals surface area contributed by atoms with Gasteiger partial charge in [0, 0.05) is 24.4 Å². The minimum absolute atomic E-state index is 0.0284. The Hall–Kier alpha value is -2.18. The third kappa shape index (κ3) is 3.60. The van der Waals surface area contributed by atoms with Gasteiger partial charge in [0.2, 0.25) is 5.91 Å². The maximum Gasteiger partial charge on any atom is 0.415 e. The average Bonchev–Trinajstić information content (AvgIpc) is 2.92. The van der Waals surface area contributed by atoms with Crippen LogP contribution in [0.1, 0.15) is 52.1 Å². The molecule has 1 atom stereocenters. The standard InChI is InChI=1S/C18H26N4O3/c1-12-11-25-17(24)22(12)15-10-19-14(9-20-15)13-5-7-21(8-6-13)16(23)18(2,3)4/h9-10,12-13H,5-8,11H2,1-4H3. The number of carbonyl (C=O) groups excluding carboxylic acids is 2. The van der Waals surface area contributed by atoms with Gasteiger partial charge >= 0.3 is 6.09 Å². The summed E-state index contributed by atoms with van der Waals surface area (Å²) in [6.07, 6.45) is 4.80. The maximum atomic E-state index is 12.4. The summed E-state index contributed by atoms with van der Waals surface area (Å²) in [4.78, 5) is 36.5. The van der Waals surface area contributed by atoms with Crippen molar-refractivity contribution in [2.24, 2.45) is 5.41 Å². The van der Waals surface area contributed by atoms with Crippen molar-refractivity contribution in [1.29, 1.82) is 0 Å². The van der Waals surface area contributed by atoms with Crippen LogP contribution in [-0.4, -0.2) is 52.6 Å². The van der Waals surface area contributed by atoms with Gasteiger partial charge in [-0.1, -0.05) is 20.8 Å². The Morgan fingerprint density at radius 2 is 1.88 bits per heavy atom. The van der Waals surface area contributed by atoms with Crippen LogP contribution in [0.5, 0.6) is 0 Å². The smallest absolute Gasteiger partial charge is 0.415 e. The van der Waals surface area contributed by atoms with E-state index in [1.54, 1.807) is 12.4 Å². The van der Waals surface area contributed by atoms with Gasteiger partial charge in [-0.2, -0.15) is 0 Å². The summed E-state index contributed by atoms with van der Waals surface area (Å²) in [6, 6.07) is -0.0284. The van der Waals surface area contributed by atoms with E-state index in [1.165, 1.54) is 4.90 Å². The van der Waals surface area contributed by atoms with Gasteiger partial charge in [0.1, 0.15) is 6.61 Å². The molecule has 0 bridgehead atoms. The number of hydrogen-bond acceptors (Lipinski definition) is 5. The van der Waals surface area contributed by atoms with Crippen molar-refractivity contribution >= 4 is 17.8 Å². The molecule has 25 heavy (non-hydrogen) atoms. The molecule has 0 aromatic carbocycles. The van der Waals surface area contributed by atoms with E-state index in [9.17, 15) is 9.59 Å². The molecule has 1 aromatic rings. The van der Waals surface area contributed by atoms with Gasteiger partial charge in [-0.25, -0.2) is 9.78 Å². The van der Waals surface area contributed by atoms with Crippen molar-refractivity contribution in [3.8, 4) is 0 Å². The van der Waals surface area contributed by atoms with Gasteiger partial charge in [-0.05, 0) is 19.8 Å². The molecule has 1 unspecified atom stereocenters. The van der Waals surface area contributed by atoms with Crippen molar-refractivity contribution in [2.45, 2.75) is 52.5 Å². The fourth-order valence-corrected chi connectivity index (χ4v) is 3.35. The predicted molar refractivity (Wildman–Crippen MR) is 93.3 cm³/mol. The number of aromatic nitrogens is 2. The van der Waals surface area contributed by atoms with Crippen LogP contribution in [0.15, 0.2) is 12.4 Å². The number of rotatable bonds is 2. The molecular formula is C18H26N4O3. The van der Waals surface area contributed by atoms with Crippen molar-refractivity contribution in [3.05, 3.63) is 18.1 Å². The van der Waals surface area contributed by atoms with Crippen molar-refractivity contribution in [2.75, 3.05) is 24.6 Å². The zero-order chi connectivity index (χ0) is 18.2. The van der Waals surface area contributed by atoms with E-state index < -0.39 is 0 Å². The van der Waals surface area contributed by atoms with Gasteiger partial charge in [0.25, 0.3) is 0 Å². The molecule has 136 valence electrons. The van der Waals surface area contributed by atoms with Crippen LogP contribution < -0.4 is 4.90 Å². The van der Waals surface area contributed by atoms with E-state index in [2.05, 4.69) is 9.97 Å². The quantitative estimate of drug-likeness (QED) is 0.823. The summed E-state index contributed by atoms with van der Waals surface area (Å²) < 4.78 is 5.02. The van der Waals surface area contributed by atoms with Crippen LogP contribution in [0.4, 0.5) is 10.6 Å². The van der Waals surface area contributed by atoms with Crippen molar-refractivity contribution in [3.63, 3.8) is 0 Å². The SMILES string of the molecule is CC1COC(=O)N1c1cnc(C2CCN(C(=O)C(C)(C)C)CC2)cn1. The van der Waals surface area contributed by atoms with E-state index in [0.717, 1.165) is 31.6 Å². The lowest BCUT2D eigenvalue weighted by Crippen LogP contribution is -2.43. The first kappa shape index (κ1) is 17.6. The highest BCUT2D eigenvalue weighted by molar-refractivity contribution is 5.88. The number of amides is 2. The molecule has 7 heteroatoms. The third-order valence-corrected chi connectivity index (χ3v) is 4.83. The fourth-order valence-electron chi connectivity index (χ4n) is 3.35. The van der Waals surface area contributed by atoms with Gasteiger partial charge in [-0.15, -0.1) is 0 Å². The predicted octanol–water partition coefficient (Wildman–Crippen LogP) is 2.57. The topological polar surface area (TPSA) is 75.6 Å². The highest BCUT2D eigenvalue weighted by atomic mass is 16.6. The Balaban J connectivity index is 1.63. The Bertz CT molecular complexity index is 645. The summed E-state index contributed by atoms with van der Waals surface area (Å²) in [5, 5.41) is 0. The first-order chi connectivity index (χ1) is 11.8. The van der Waals surface area contributed by atoms with E-state index in [1.807, 2.05) is 32.6 Å². The molecular weight excluding hydrogens is 320 g/mol. The molecule has 0 spiro atoms. The molecule has 3 heterocycles. The molecule has 0 N–H and O–H groups in total. The largest absolute Gasteiger partial charge is 0.447 e. The zero-order valence-corrected chi connectivity index (χ0v) is 15.4. The molecule has 1 aromatic heterocycles. The highest BCUT2D eigenvalue weighted by Crippen LogP contribution is 2.29. The molecule has 0 saturated carbocycles. The zero-order valence-electron chi connectivity index (χ0n) is 15.4. The molecule has 3 rings (SSSR count). The minimum Gasteiger partial charge on any atom is -0.447 e. The monoisotopic (exact) mass is 346 g/mol. The number of cyclic esters (lactones) is 1. The van der Waals surface area contributed by atoms with E-state index >= 15 is 0 Å². The van der Waals surface area contributed by atoms with Crippen LogP contribution in [0.25, 0.3) is 0 Å². The van der Waals surface area contributed by atoms with Crippen molar-refractivity contribution < 1.29 is 14.3 Å². The second-order valence-electron chi connectivity index (χ2n) is 7.91. The Morgan fingerprint density at radius 3 is 2.36 bits per heavy atom. The number of ether oxygens (including phenoxy) is 1. The number of piperidine rings is 1. The molecule has 0 aliphatic carbocycles. The van der Waals surface area contributed by atoms with Crippen LogP contribution in [-0.2, 0) is 9.53 Å². The molecule has 0 radical (unpaired) electrons. The van der Waals surface area contributed by atoms with E-state index in [4.69, 9.17) is 4.74 Å². The van der Waals surface area contributed by atoms with Gasteiger partial charge in [0.15, 0.2) is 5.82 Å². The molecule has 2 fully saturated rings. The number of anilines is 1. The maximum absolute atomic E-state index is 12.4. The summed E-state index contributed by atoms with van der Waals surface area (Å²) in [6.45, 7) is 9.66. The van der Waals surface area contributed by atoms with Crippen LogP contribution in [0.2, 0.25) is 0 Å². The number of hydrogen-bond donors (Lipinski definition) is 0. The highest BCUT2D eigenvalue weighted by Gasteiger charge is 2.33. The molecule has 2 saturated heterocycles. The summed E-state index contributed by atoms with van der Waals surface area (Å²) >= 11 is 0. The van der Waals surface area contributed by atoms with E-state index in [0.29, 0.717) is 18.3 Å². The summed E-state index contributed by atoms with van der Waals surface area (Å²) in [5.41, 5.74) is 0.585. The second kappa shape index (κ2) is 6.61. The van der Waals surface area contributed by atoms with Crippen LogP contribution in [0.3, 0.4) is 0 Å². The molecule has 2 aliphatic rings. The normalized spacial score (nSPS) is 22.2. The van der Waals surface area contributed by atoms with Gasteiger partial charge in [0.05, 0.1) is 24.1 Å². The third-order valence-electron chi connectivity index (χ3n) is 4.83. The Labute approximate surface area is 148 Å². The van der Waals surface area contributed by atoms with Crippen molar-refractivity contribution in [1.82, 2.24) is 14.9 Å². The molecule has 7 nitrogen and oxygen atoms in total.